The van der Waals surface area contributed by atoms with Gasteiger partial charge in [0.25, 0.3) is 20.1 Å². The number of phenols is 1. The second kappa shape index (κ2) is 9.29. The number of aryl methyl sites for hydroxylation is 3. The molecule has 0 aromatic heterocycles. The maximum absolute atomic E-state index is 12.2. The number of hydrogen-bond acceptors (Lipinski definition) is 5. The summed E-state index contributed by atoms with van der Waals surface area (Å²) >= 11 is 0. The fourth-order valence-electron chi connectivity index (χ4n) is 2.36. The minimum Gasteiger partial charge on any atom is -0.506 e. The summed E-state index contributed by atoms with van der Waals surface area (Å²) in [6.07, 6.45) is 0. The molecule has 0 saturated carbocycles. The Kier molecular flexibility index (Phi) is 7.25. The normalized spacial score (nSPS) is 11.3. The number of hydrogen-bond donors (Lipinski definition) is 3. The van der Waals surface area contributed by atoms with Gasteiger partial charge in [0.05, 0.1) is 15.5 Å². The Labute approximate surface area is 176 Å². The van der Waals surface area contributed by atoms with Crippen LogP contribution in [0.5, 0.6) is 5.75 Å². The van der Waals surface area contributed by atoms with Crippen LogP contribution in [-0.4, -0.2) is 26.5 Å². The van der Waals surface area contributed by atoms with Crippen molar-refractivity contribution in [3.63, 3.8) is 0 Å². The molecule has 3 aromatic rings. The van der Waals surface area contributed by atoms with Crippen LogP contribution in [-0.2, 0) is 20.1 Å². The van der Waals surface area contributed by atoms with Crippen LogP contribution in [0, 0.1) is 20.8 Å². The lowest BCUT2D eigenvalue weighted by Crippen LogP contribution is -2.13. The van der Waals surface area contributed by atoms with Gasteiger partial charge in [-0.2, -0.15) is 8.42 Å². The summed E-state index contributed by atoms with van der Waals surface area (Å²) in [5.41, 5.74) is 2.98. The molecule has 0 heterocycles. The van der Waals surface area contributed by atoms with Crippen LogP contribution >= 0.6 is 0 Å². The standard InChI is InChI=1S/C14H15NO3S.C7H8O3S/c1-10-3-6-12(7-4-10)19(17,18)15-13-9-11(2)5-8-14(13)16;1-6-2-4-7(5-3-6)11(8,9)10/h3-9,15-16H,1-2H3;2-5H,1H3,(H,8,9,10). The third-order valence-corrected chi connectivity index (χ3v) is 6.30. The molecule has 3 N–H and O–H groups in total. The van der Waals surface area contributed by atoms with Crippen molar-refractivity contribution >= 4 is 25.8 Å². The number of nitrogens with one attached hydrogen (secondary N) is 1. The smallest absolute Gasteiger partial charge is 0.294 e. The SMILES string of the molecule is Cc1ccc(S(=O)(=O)Nc2cc(C)ccc2O)cc1.Cc1ccc(S(=O)(=O)O)cc1. The molecule has 0 radical (unpaired) electrons. The quantitative estimate of drug-likeness (QED) is 0.408. The molecule has 0 amide bonds. The zero-order valence-electron chi connectivity index (χ0n) is 16.7. The van der Waals surface area contributed by atoms with Crippen LogP contribution in [0.3, 0.4) is 0 Å². The van der Waals surface area contributed by atoms with Crippen LogP contribution in [0.2, 0.25) is 0 Å². The Morgan fingerprint density at radius 2 is 1.10 bits per heavy atom. The molecular weight excluding hydrogens is 426 g/mol. The van der Waals surface area contributed by atoms with Gasteiger partial charge in [-0.15, -0.1) is 0 Å². The second-order valence-electron chi connectivity index (χ2n) is 6.73. The zero-order chi connectivity index (χ0) is 22.5. The topological polar surface area (TPSA) is 121 Å². The molecule has 0 aliphatic heterocycles. The van der Waals surface area contributed by atoms with E-state index in [1.165, 1.54) is 30.3 Å². The van der Waals surface area contributed by atoms with Gasteiger partial charge < -0.3 is 5.11 Å². The molecule has 3 aromatic carbocycles. The first-order chi connectivity index (χ1) is 13.9. The van der Waals surface area contributed by atoms with Crippen molar-refractivity contribution in [2.75, 3.05) is 4.72 Å². The summed E-state index contributed by atoms with van der Waals surface area (Å²) in [7, 11) is -7.70. The van der Waals surface area contributed by atoms with Gasteiger partial charge in [0.15, 0.2) is 0 Å². The van der Waals surface area contributed by atoms with E-state index < -0.39 is 20.1 Å². The van der Waals surface area contributed by atoms with E-state index in [1.54, 1.807) is 36.4 Å². The Hall–Kier alpha value is -2.88. The lowest BCUT2D eigenvalue weighted by molar-refractivity contribution is 0.477. The minimum atomic E-state index is -4.02. The second-order valence-corrected chi connectivity index (χ2v) is 9.83. The molecule has 160 valence electrons. The fraction of sp³-hybridized carbons (Fsp3) is 0.143. The number of sulfonamides is 1. The monoisotopic (exact) mass is 449 g/mol. The summed E-state index contributed by atoms with van der Waals surface area (Å²) < 4.78 is 56.2. The van der Waals surface area contributed by atoms with E-state index in [4.69, 9.17) is 4.55 Å². The van der Waals surface area contributed by atoms with Crippen LogP contribution in [0.25, 0.3) is 0 Å². The summed E-state index contributed by atoms with van der Waals surface area (Å²) in [4.78, 5) is 0.0992. The van der Waals surface area contributed by atoms with Gasteiger partial charge in [0, 0.05) is 0 Å². The minimum absolute atomic E-state index is 0.0666. The average molecular weight is 450 g/mol. The Morgan fingerprint density at radius 1 is 0.667 bits per heavy atom. The molecule has 30 heavy (non-hydrogen) atoms. The van der Waals surface area contributed by atoms with E-state index in [2.05, 4.69) is 4.72 Å². The predicted molar refractivity (Wildman–Crippen MR) is 116 cm³/mol. The highest BCUT2D eigenvalue weighted by Gasteiger charge is 2.15. The third-order valence-electron chi connectivity index (χ3n) is 4.05. The molecule has 9 heteroatoms. The Morgan fingerprint density at radius 3 is 1.57 bits per heavy atom. The highest BCUT2D eigenvalue weighted by atomic mass is 32.2. The van der Waals surface area contributed by atoms with E-state index in [0.29, 0.717) is 0 Å². The predicted octanol–water partition coefficient (Wildman–Crippen LogP) is 4.05. The maximum Gasteiger partial charge on any atom is 0.294 e. The van der Waals surface area contributed by atoms with Gasteiger partial charge in [0.1, 0.15) is 5.75 Å². The number of benzene rings is 3. The first-order valence-electron chi connectivity index (χ1n) is 8.82. The first kappa shape index (κ1) is 23.4. The molecule has 0 saturated heterocycles. The van der Waals surface area contributed by atoms with Crippen molar-refractivity contribution in [1.29, 1.82) is 0 Å². The van der Waals surface area contributed by atoms with E-state index in [9.17, 15) is 21.9 Å². The van der Waals surface area contributed by atoms with Gasteiger partial charge in [-0.05, 0) is 62.7 Å². The summed E-state index contributed by atoms with van der Waals surface area (Å²) in [6, 6.07) is 17.3. The number of aromatic hydroxyl groups is 1. The van der Waals surface area contributed by atoms with Crippen LogP contribution < -0.4 is 4.72 Å². The van der Waals surface area contributed by atoms with Gasteiger partial charge in [-0.1, -0.05) is 41.5 Å². The molecule has 0 fully saturated rings. The average Bonchev–Trinajstić information content (AvgIpc) is 2.65. The van der Waals surface area contributed by atoms with Gasteiger partial charge in [-0.25, -0.2) is 8.42 Å². The molecule has 3 rings (SSSR count). The van der Waals surface area contributed by atoms with Crippen molar-refractivity contribution in [2.45, 2.75) is 30.6 Å². The van der Waals surface area contributed by atoms with E-state index in [1.807, 2.05) is 20.8 Å². The molecule has 0 aliphatic rings. The van der Waals surface area contributed by atoms with E-state index >= 15 is 0 Å². The number of phenolic OH excluding ortho intramolecular Hbond substituents is 1. The van der Waals surface area contributed by atoms with Crippen molar-refractivity contribution in [1.82, 2.24) is 0 Å². The molecular formula is C21H23NO6S2. The largest absolute Gasteiger partial charge is 0.506 e. The van der Waals surface area contributed by atoms with E-state index in [0.717, 1.165) is 16.7 Å². The zero-order valence-corrected chi connectivity index (χ0v) is 18.3. The van der Waals surface area contributed by atoms with Crippen molar-refractivity contribution in [3.8, 4) is 5.75 Å². The molecule has 0 atom stereocenters. The fourth-order valence-corrected chi connectivity index (χ4v) is 3.91. The summed E-state index contributed by atoms with van der Waals surface area (Å²) in [5.74, 6) is -0.0960. The highest BCUT2D eigenvalue weighted by Crippen LogP contribution is 2.26. The Bertz CT molecular complexity index is 1220. The molecule has 0 bridgehead atoms. The lowest BCUT2D eigenvalue weighted by Gasteiger charge is -2.10. The maximum atomic E-state index is 12.2. The molecule has 7 nitrogen and oxygen atoms in total. The van der Waals surface area contributed by atoms with E-state index in [-0.39, 0.29) is 21.2 Å². The van der Waals surface area contributed by atoms with Gasteiger partial charge >= 0.3 is 0 Å². The van der Waals surface area contributed by atoms with Gasteiger partial charge in [-0.3, -0.25) is 9.27 Å². The summed E-state index contributed by atoms with van der Waals surface area (Å²) in [5, 5.41) is 9.66. The lowest BCUT2D eigenvalue weighted by atomic mass is 10.2. The summed E-state index contributed by atoms with van der Waals surface area (Å²) in [6.45, 7) is 5.55. The highest BCUT2D eigenvalue weighted by molar-refractivity contribution is 7.92. The first-order valence-corrected chi connectivity index (χ1v) is 11.7. The molecule has 0 unspecified atom stereocenters. The van der Waals surface area contributed by atoms with Crippen molar-refractivity contribution in [3.05, 3.63) is 83.4 Å². The third kappa shape index (κ3) is 6.58. The van der Waals surface area contributed by atoms with Crippen LogP contribution in [0.15, 0.2) is 76.5 Å². The molecule has 0 spiro atoms. The van der Waals surface area contributed by atoms with Crippen LogP contribution in [0.4, 0.5) is 5.69 Å². The van der Waals surface area contributed by atoms with Crippen molar-refractivity contribution in [2.24, 2.45) is 0 Å². The number of rotatable bonds is 4. The van der Waals surface area contributed by atoms with Crippen molar-refractivity contribution < 1.29 is 26.5 Å². The van der Waals surface area contributed by atoms with Gasteiger partial charge in [0.2, 0.25) is 0 Å². The van der Waals surface area contributed by atoms with Crippen LogP contribution in [0.1, 0.15) is 16.7 Å². The molecule has 0 aliphatic carbocycles. The number of anilines is 1. The Balaban J connectivity index is 0.000000248.